The Labute approximate surface area is 136 Å². The fourth-order valence-corrected chi connectivity index (χ4v) is 5.44. The number of thiazole rings is 2. The van der Waals surface area contributed by atoms with Crippen molar-refractivity contribution in [2.75, 3.05) is 0 Å². The molecular formula is C15H14BrNOS2. The lowest BCUT2D eigenvalue weighted by atomic mass is 10.0. The predicted octanol–water partition coefficient (Wildman–Crippen LogP) is 0.804. The van der Waals surface area contributed by atoms with E-state index in [1.165, 1.54) is 34.0 Å². The quantitative estimate of drug-likeness (QED) is 0.632. The molecule has 2 nitrogen and oxygen atoms in total. The molecular weight excluding hydrogens is 354 g/mol. The van der Waals surface area contributed by atoms with Gasteiger partial charge in [-0.05, 0) is 30.6 Å². The number of aryl methyl sites for hydroxylation is 2. The van der Waals surface area contributed by atoms with Crippen LogP contribution in [0.5, 0.6) is 5.88 Å². The van der Waals surface area contributed by atoms with Crippen molar-refractivity contribution in [2.45, 2.75) is 25.7 Å². The SMILES string of the molecule is Oc1c(-c2ccccc2)sc2sc3c([n+]12)CCCC3.[Br-]. The number of halogens is 1. The van der Waals surface area contributed by atoms with E-state index in [4.69, 9.17) is 0 Å². The number of nitrogens with zero attached hydrogens (tertiary/aromatic N) is 1. The zero-order chi connectivity index (χ0) is 12.8. The molecule has 3 aromatic rings. The third kappa shape index (κ3) is 2.08. The Kier molecular flexibility index (Phi) is 3.84. The van der Waals surface area contributed by atoms with E-state index >= 15 is 0 Å². The van der Waals surface area contributed by atoms with Crippen LogP contribution in [0, 0.1) is 0 Å². The van der Waals surface area contributed by atoms with Crippen molar-refractivity contribution < 1.29 is 26.5 Å². The van der Waals surface area contributed by atoms with E-state index < -0.39 is 0 Å². The molecule has 4 rings (SSSR count). The van der Waals surface area contributed by atoms with Crippen LogP contribution in [0.25, 0.3) is 14.6 Å². The summed E-state index contributed by atoms with van der Waals surface area (Å²) in [4.78, 5) is 2.45. The highest BCUT2D eigenvalue weighted by molar-refractivity contribution is 7.37. The molecule has 0 bridgehead atoms. The summed E-state index contributed by atoms with van der Waals surface area (Å²) in [7, 11) is 0. The first-order chi connectivity index (χ1) is 9.34. The fraction of sp³-hybridized carbons (Fsp3) is 0.267. The lowest BCUT2D eigenvalue weighted by Crippen LogP contribution is -3.00. The third-order valence-corrected chi connectivity index (χ3v) is 6.22. The van der Waals surface area contributed by atoms with E-state index in [0.717, 1.165) is 16.9 Å². The Hall–Kier alpha value is -0.910. The van der Waals surface area contributed by atoms with Gasteiger partial charge in [-0.1, -0.05) is 41.7 Å². The van der Waals surface area contributed by atoms with Gasteiger partial charge in [-0.2, -0.15) is 0 Å². The molecule has 0 radical (unpaired) electrons. The zero-order valence-electron chi connectivity index (χ0n) is 10.8. The molecule has 1 aromatic carbocycles. The van der Waals surface area contributed by atoms with Crippen molar-refractivity contribution in [1.29, 1.82) is 0 Å². The van der Waals surface area contributed by atoms with Gasteiger partial charge in [0.1, 0.15) is 0 Å². The minimum Gasteiger partial charge on any atom is -1.00 e. The van der Waals surface area contributed by atoms with Crippen molar-refractivity contribution in [2.24, 2.45) is 0 Å². The molecule has 0 saturated carbocycles. The maximum atomic E-state index is 10.6. The Balaban J connectivity index is 0.00000121. The molecule has 0 saturated heterocycles. The van der Waals surface area contributed by atoms with Gasteiger partial charge in [0.05, 0.1) is 4.88 Å². The first kappa shape index (κ1) is 14.0. The molecule has 20 heavy (non-hydrogen) atoms. The van der Waals surface area contributed by atoms with E-state index in [-0.39, 0.29) is 17.0 Å². The minimum absolute atomic E-state index is 0. The summed E-state index contributed by atoms with van der Waals surface area (Å²) in [5.41, 5.74) is 2.44. The summed E-state index contributed by atoms with van der Waals surface area (Å²) < 4.78 is 3.29. The van der Waals surface area contributed by atoms with Gasteiger partial charge in [-0.15, -0.1) is 4.40 Å². The number of rotatable bonds is 1. The lowest BCUT2D eigenvalue weighted by molar-refractivity contribution is -0.523. The largest absolute Gasteiger partial charge is 1.00 e. The summed E-state index contributed by atoms with van der Waals surface area (Å²) in [6, 6.07) is 10.2. The molecule has 0 amide bonds. The van der Waals surface area contributed by atoms with E-state index in [1.54, 1.807) is 11.3 Å². The van der Waals surface area contributed by atoms with Crippen LogP contribution in [0.15, 0.2) is 30.3 Å². The molecule has 2 aromatic heterocycles. The lowest BCUT2D eigenvalue weighted by Gasteiger charge is -2.04. The standard InChI is InChI=1S/C15H13NOS2.BrH/c17-14-13(10-6-2-1-3-7-10)19-15-16(14)11-8-4-5-9-12(11)18-15;/h1-3,6-7H,4-5,8-9H2;1H. The monoisotopic (exact) mass is 367 g/mol. The average Bonchev–Trinajstić information content (AvgIpc) is 2.97. The summed E-state index contributed by atoms with van der Waals surface area (Å²) in [6.45, 7) is 0. The van der Waals surface area contributed by atoms with Gasteiger partial charge in [0.2, 0.25) is 5.69 Å². The van der Waals surface area contributed by atoms with Crippen LogP contribution in [0.2, 0.25) is 0 Å². The fourth-order valence-electron chi connectivity index (χ4n) is 2.76. The van der Waals surface area contributed by atoms with Crippen LogP contribution in [0.1, 0.15) is 23.4 Å². The molecule has 0 unspecified atom stereocenters. The Morgan fingerprint density at radius 1 is 1.00 bits per heavy atom. The van der Waals surface area contributed by atoms with Crippen molar-refractivity contribution in [1.82, 2.24) is 0 Å². The van der Waals surface area contributed by atoms with Crippen LogP contribution in [0.3, 0.4) is 0 Å². The maximum Gasteiger partial charge on any atom is 0.391 e. The number of hydrogen-bond donors (Lipinski definition) is 1. The topological polar surface area (TPSA) is 24.3 Å². The van der Waals surface area contributed by atoms with Gasteiger partial charge in [0, 0.05) is 12.0 Å². The Morgan fingerprint density at radius 3 is 2.55 bits per heavy atom. The van der Waals surface area contributed by atoms with Crippen molar-refractivity contribution in [3.05, 3.63) is 40.9 Å². The summed E-state index contributed by atoms with van der Waals surface area (Å²) in [5.74, 6) is 0.422. The second kappa shape index (κ2) is 5.47. The van der Waals surface area contributed by atoms with Crippen LogP contribution in [-0.2, 0) is 12.8 Å². The van der Waals surface area contributed by atoms with Crippen LogP contribution >= 0.6 is 22.7 Å². The van der Waals surface area contributed by atoms with Crippen molar-refractivity contribution in [3.8, 4) is 16.3 Å². The van der Waals surface area contributed by atoms with Gasteiger partial charge >= 0.3 is 10.0 Å². The highest BCUT2D eigenvalue weighted by Gasteiger charge is 2.31. The molecule has 0 fully saturated rings. The van der Waals surface area contributed by atoms with E-state index in [0.29, 0.717) is 5.88 Å². The highest BCUT2D eigenvalue weighted by atomic mass is 79.9. The van der Waals surface area contributed by atoms with Crippen LogP contribution < -0.4 is 21.4 Å². The Bertz CT molecular complexity index is 748. The van der Waals surface area contributed by atoms with Gasteiger partial charge < -0.3 is 22.1 Å². The molecule has 2 heterocycles. The number of aromatic hydroxyl groups is 1. The third-order valence-electron chi connectivity index (χ3n) is 3.69. The van der Waals surface area contributed by atoms with Gasteiger partial charge in [0.25, 0.3) is 0 Å². The molecule has 104 valence electrons. The number of fused-ring (bicyclic) bond motifs is 3. The smallest absolute Gasteiger partial charge is 0.391 e. The molecule has 1 N–H and O–H groups in total. The number of benzene rings is 1. The first-order valence-corrected chi connectivity index (χ1v) is 8.21. The molecule has 0 spiro atoms. The molecule has 1 aliphatic carbocycles. The first-order valence-electron chi connectivity index (χ1n) is 6.58. The second-order valence-corrected chi connectivity index (χ2v) is 7.24. The molecule has 0 aliphatic heterocycles. The number of aromatic nitrogens is 1. The van der Waals surface area contributed by atoms with Crippen LogP contribution in [0.4, 0.5) is 0 Å². The van der Waals surface area contributed by atoms with Crippen molar-refractivity contribution >= 4 is 26.8 Å². The average molecular weight is 368 g/mol. The Morgan fingerprint density at radius 2 is 1.75 bits per heavy atom. The molecule has 1 aliphatic rings. The molecule has 0 atom stereocenters. The van der Waals surface area contributed by atoms with Crippen LogP contribution in [-0.4, -0.2) is 5.11 Å². The number of hydrogen-bond acceptors (Lipinski definition) is 3. The van der Waals surface area contributed by atoms with Gasteiger partial charge in [-0.25, -0.2) is 0 Å². The minimum atomic E-state index is 0. The van der Waals surface area contributed by atoms with Gasteiger partial charge in [0.15, 0.2) is 4.88 Å². The predicted molar refractivity (Wildman–Crippen MR) is 79.1 cm³/mol. The zero-order valence-corrected chi connectivity index (χ0v) is 14.0. The molecule has 5 heteroatoms. The van der Waals surface area contributed by atoms with E-state index in [2.05, 4.69) is 16.5 Å². The van der Waals surface area contributed by atoms with Gasteiger partial charge in [-0.3, -0.25) is 0 Å². The summed E-state index contributed by atoms with van der Waals surface area (Å²) >= 11 is 3.55. The normalized spacial score (nSPS) is 14.0. The van der Waals surface area contributed by atoms with E-state index in [1.807, 2.05) is 29.5 Å². The van der Waals surface area contributed by atoms with Crippen molar-refractivity contribution in [3.63, 3.8) is 0 Å². The maximum absolute atomic E-state index is 10.6. The highest BCUT2D eigenvalue weighted by Crippen LogP contribution is 2.39. The summed E-state index contributed by atoms with van der Waals surface area (Å²) in [6.07, 6.45) is 4.79. The second-order valence-electron chi connectivity index (χ2n) is 4.90. The van der Waals surface area contributed by atoms with E-state index in [9.17, 15) is 5.11 Å². The summed E-state index contributed by atoms with van der Waals surface area (Å²) in [5, 5.41) is 10.6.